The molecule has 4 heterocycles. The first-order valence-corrected chi connectivity index (χ1v) is 8.82. The van der Waals surface area contributed by atoms with E-state index in [1.165, 1.54) is 0 Å². The molecule has 1 aromatic heterocycles. The molecule has 1 N–H and O–H groups in total. The summed E-state index contributed by atoms with van der Waals surface area (Å²) in [6.07, 6.45) is 7.13. The third kappa shape index (κ3) is 3.44. The third-order valence-electron chi connectivity index (χ3n) is 4.98. The third-order valence-corrected chi connectivity index (χ3v) is 4.98. The molecule has 2 saturated heterocycles. The highest BCUT2D eigenvalue weighted by Crippen LogP contribution is 2.35. The molecule has 4 rings (SSSR count). The Morgan fingerprint density at radius 3 is 3.04 bits per heavy atom. The first-order valence-electron chi connectivity index (χ1n) is 8.82. The van der Waals surface area contributed by atoms with Gasteiger partial charge in [0, 0.05) is 44.9 Å². The first-order chi connectivity index (χ1) is 12.1. The number of nitrogens with one attached hydrogen (secondary N) is 1. The van der Waals surface area contributed by atoms with Gasteiger partial charge in [-0.3, -0.25) is 4.79 Å². The van der Waals surface area contributed by atoms with Crippen LogP contribution < -0.4 is 10.2 Å². The largest absolute Gasteiger partial charge is 0.386 e. The van der Waals surface area contributed by atoms with E-state index in [2.05, 4.69) is 25.3 Å². The quantitative estimate of drug-likeness (QED) is 0.868. The average Bonchev–Trinajstić information content (AvgIpc) is 3.36. The van der Waals surface area contributed by atoms with E-state index in [4.69, 9.17) is 9.57 Å². The van der Waals surface area contributed by atoms with Crippen molar-refractivity contribution < 1.29 is 14.4 Å². The van der Waals surface area contributed by atoms with Gasteiger partial charge in [0.1, 0.15) is 5.71 Å². The van der Waals surface area contributed by atoms with E-state index in [1.807, 2.05) is 19.3 Å². The second kappa shape index (κ2) is 6.59. The summed E-state index contributed by atoms with van der Waals surface area (Å²) in [5.41, 5.74) is 1.05. The molecule has 8 nitrogen and oxygen atoms in total. The van der Waals surface area contributed by atoms with Crippen LogP contribution in [0.3, 0.4) is 0 Å². The van der Waals surface area contributed by atoms with E-state index < -0.39 is 5.60 Å². The van der Waals surface area contributed by atoms with Gasteiger partial charge in [0.2, 0.25) is 5.95 Å². The van der Waals surface area contributed by atoms with Crippen LogP contribution in [-0.2, 0) is 14.4 Å². The summed E-state index contributed by atoms with van der Waals surface area (Å²) in [4.78, 5) is 28.8. The Morgan fingerprint density at radius 1 is 1.44 bits per heavy atom. The van der Waals surface area contributed by atoms with Crippen molar-refractivity contribution in [3.05, 3.63) is 18.0 Å². The summed E-state index contributed by atoms with van der Waals surface area (Å²) in [5, 5.41) is 6.96. The molecule has 0 bridgehead atoms. The maximum Gasteiger partial charge on any atom is 0.269 e. The molecule has 0 aliphatic carbocycles. The summed E-state index contributed by atoms with van der Waals surface area (Å²) in [6, 6.07) is 0. The van der Waals surface area contributed by atoms with Crippen molar-refractivity contribution in [3.8, 4) is 0 Å². The highest BCUT2D eigenvalue weighted by molar-refractivity contribution is 6.39. The number of ether oxygens (including phenoxy) is 1. The van der Waals surface area contributed by atoms with E-state index in [0.717, 1.165) is 38.0 Å². The van der Waals surface area contributed by atoms with Crippen molar-refractivity contribution in [1.29, 1.82) is 0 Å². The maximum absolute atomic E-state index is 12.3. The molecule has 1 aromatic rings. The van der Waals surface area contributed by atoms with Crippen molar-refractivity contribution in [1.82, 2.24) is 15.3 Å². The minimum Gasteiger partial charge on any atom is -0.386 e. The van der Waals surface area contributed by atoms with Gasteiger partial charge in [-0.2, -0.15) is 0 Å². The fourth-order valence-corrected chi connectivity index (χ4v) is 3.54. The maximum atomic E-state index is 12.3. The summed E-state index contributed by atoms with van der Waals surface area (Å²) in [6.45, 7) is 4.72. The standard InChI is InChI=1S/C17H23N5O3/c1-12-8-19-16(20-9-12)22-5-4-17(11-22)7-14(21-25-17)15(23)18-10-13-3-2-6-24-13/h8-9,13H,2-7,10-11H2,1H3,(H,18,23)/t13-,17+/m0/s1. The highest BCUT2D eigenvalue weighted by Gasteiger charge is 2.47. The molecule has 1 spiro atoms. The average molecular weight is 345 g/mol. The number of carbonyl (C=O) groups excluding carboxylic acids is 1. The lowest BCUT2D eigenvalue weighted by Crippen LogP contribution is -2.39. The van der Waals surface area contributed by atoms with E-state index >= 15 is 0 Å². The van der Waals surface area contributed by atoms with Gasteiger partial charge in [-0.25, -0.2) is 9.97 Å². The fraction of sp³-hybridized carbons (Fsp3) is 0.647. The minimum absolute atomic E-state index is 0.126. The predicted molar refractivity (Wildman–Crippen MR) is 91.5 cm³/mol. The lowest BCUT2D eigenvalue weighted by molar-refractivity contribution is -0.115. The second-order valence-corrected chi connectivity index (χ2v) is 7.07. The molecule has 2 atom stereocenters. The number of anilines is 1. The van der Waals surface area contributed by atoms with Crippen molar-refractivity contribution in [2.24, 2.45) is 5.16 Å². The Kier molecular flexibility index (Phi) is 4.29. The van der Waals surface area contributed by atoms with E-state index in [9.17, 15) is 4.79 Å². The zero-order valence-electron chi connectivity index (χ0n) is 14.4. The Hall–Kier alpha value is -2.22. The molecule has 0 unspecified atom stereocenters. The summed E-state index contributed by atoms with van der Waals surface area (Å²) >= 11 is 0. The molecular formula is C17H23N5O3. The minimum atomic E-state index is -0.440. The molecule has 1 amide bonds. The summed E-state index contributed by atoms with van der Waals surface area (Å²) in [5.74, 6) is 0.541. The summed E-state index contributed by atoms with van der Waals surface area (Å²) in [7, 11) is 0. The van der Waals surface area contributed by atoms with Crippen LogP contribution in [0.4, 0.5) is 5.95 Å². The monoisotopic (exact) mass is 345 g/mol. The lowest BCUT2D eigenvalue weighted by atomic mass is 9.96. The molecule has 134 valence electrons. The van der Waals surface area contributed by atoms with Crippen LogP contribution in [0, 0.1) is 6.92 Å². The smallest absolute Gasteiger partial charge is 0.269 e. The van der Waals surface area contributed by atoms with Gasteiger partial charge >= 0.3 is 0 Å². The van der Waals surface area contributed by atoms with Crippen LogP contribution >= 0.6 is 0 Å². The van der Waals surface area contributed by atoms with Crippen LogP contribution in [0.25, 0.3) is 0 Å². The Morgan fingerprint density at radius 2 is 2.28 bits per heavy atom. The van der Waals surface area contributed by atoms with Gasteiger partial charge in [0.15, 0.2) is 5.60 Å². The number of aromatic nitrogens is 2. The van der Waals surface area contributed by atoms with E-state index in [-0.39, 0.29) is 12.0 Å². The number of aryl methyl sites for hydroxylation is 1. The molecule has 3 aliphatic rings. The SMILES string of the molecule is Cc1cnc(N2CC[C@@]3(CC(C(=O)NC[C@@H]4CCCO4)=NO3)C2)nc1. The first kappa shape index (κ1) is 16.3. The van der Waals surface area contributed by atoms with Gasteiger partial charge in [0.25, 0.3) is 5.91 Å². The Bertz CT molecular complexity index is 671. The van der Waals surface area contributed by atoms with Crippen LogP contribution in [0.5, 0.6) is 0 Å². The highest BCUT2D eigenvalue weighted by atomic mass is 16.7. The van der Waals surface area contributed by atoms with Crippen molar-refractivity contribution in [2.45, 2.75) is 44.3 Å². The van der Waals surface area contributed by atoms with Gasteiger partial charge in [0.05, 0.1) is 12.6 Å². The van der Waals surface area contributed by atoms with Crippen molar-refractivity contribution >= 4 is 17.6 Å². The molecule has 0 aromatic carbocycles. The second-order valence-electron chi connectivity index (χ2n) is 7.07. The number of amides is 1. The number of rotatable bonds is 4. The molecule has 25 heavy (non-hydrogen) atoms. The van der Waals surface area contributed by atoms with Crippen molar-refractivity contribution in [2.75, 3.05) is 31.1 Å². The molecule has 0 saturated carbocycles. The fourth-order valence-electron chi connectivity index (χ4n) is 3.54. The summed E-state index contributed by atoms with van der Waals surface area (Å²) < 4.78 is 5.52. The zero-order chi connectivity index (χ0) is 17.3. The number of carbonyl (C=O) groups is 1. The van der Waals surface area contributed by atoms with Gasteiger partial charge in [-0.05, 0) is 25.3 Å². The molecular weight excluding hydrogens is 322 g/mol. The molecule has 3 aliphatic heterocycles. The molecule has 0 radical (unpaired) electrons. The predicted octanol–water partition coefficient (Wildman–Crippen LogP) is 0.805. The number of hydrogen-bond acceptors (Lipinski definition) is 7. The molecule has 8 heteroatoms. The Labute approximate surface area is 146 Å². The van der Waals surface area contributed by atoms with E-state index in [0.29, 0.717) is 31.2 Å². The van der Waals surface area contributed by atoms with Gasteiger partial charge < -0.3 is 19.8 Å². The number of oxime groups is 1. The topological polar surface area (TPSA) is 88.9 Å². The van der Waals surface area contributed by atoms with Crippen LogP contribution in [0.15, 0.2) is 17.5 Å². The lowest BCUT2D eigenvalue weighted by Gasteiger charge is -2.21. The van der Waals surface area contributed by atoms with Crippen LogP contribution in [0.2, 0.25) is 0 Å². The van der Waals surface area contributed by atoms with E-state index in [1.54, 1.807) is 0 Å². The van der Waals surface area contributed by atoms with Crippen molar-refractivity contribution in [3.63, 3.8) is 0 Å². The number of hydrogen-bond donors (Lipinski definition) is 1. The zero-order valence-corrected chi connectivity index (χ0v) is 14.4. The van der Waals surface area contributed by atoms with Gasteiger partial charge in [-0.1, -0.05) is 5.16 Å². The number of nitrogens with zero attached hydrogens (tertiary/aromatic N) is 4. The van der Waals surface area contributed by atoms with Crippen LogP contribution in [0.1, 0.15) is 31.2 Å². The normalized spacial score (nSPS) is 28.3. The Balaban J connectivity index is 1.31. The van der Waals surface area contributed by atoms with Crippen LogP contribution in [-0.4, -0.2) is 59.5 Å². The van der Waals surface area contributed by atoms with Gasteiger partial charge in [-0.15, -0.1) is 0 Å². The molecule has 2 fully saturated rings.